The Morgan fingerprint density at radius 1 is 1.47 bits per heavy atom. The SMILES string of the molecule is CC(C)[C@@]1(O)CC[C@@H](C)[C@@H]2CCC(C=O)=C[C@@H]21. The molecular weight excluding hydrogens is 212 g/mol. The van der Waals surface area contributed by atoms with Gasteiger partial charge in [0.05, 0.1) is 5.60 Å². The molecule has 1 saturated carbocycles. The van der Waals surface area contributed by atoms with Crippen molar-refractivity contribution in [1.29, 1.82) is 0 Å². The molecule has 96 valence electrons. The normalized spacial score (nSPS) is 41.9. The molecule has 1 fully saturated rings. The number of aliphatic hydroxyl groups is 1. The summed E-state index contributed by atoms with van der Waals surface area (Å²) in [7, 11) is 0. The van der Waals surface area contributed by atoms with Crippen molar-refractivity contribution in [2.24, 2.45) is 23.7 Å². The predicted molar refractivity (Wildman–Crippen MR) is 68.5 cm³/mol. The lowest BCUT2D eigenvalue weighted by Crippen LogP contribution is -2.51. The van der Waals surface area contributed by atoms with Crippen LogP contribution in [0.4, 0.5) is 0 Å². The zero-order valence-corrected chi connectivity index (χ0v) is 11.1. The number of hydrogen-bond acceptors (Lipinski definition) is 2. The smallest absolute Gasteiger partial charge is 0.145 e. The second-order valence-corrected chi connectivity index (χ2v) is 6.25. The fourth-order valence-corrected chi connectivity index (χ4v) is 3.72. The van der Waals surface area contributed by atoms with Gasteiger partial charge in [-0.05, 0) is 49.0 Å². The summed E-state index contributed by atoms with van der Waals surface area (Å²) in [5.74, 6) is 1.66. The van der Waals surface area contributed by atoms with Gasteiger partial charge in [-0.2, -0.15) is 0 Å². The highest BCUT2D eigenvalue weighted by Gasteiger charge is 2.48. The van der Waals surface area contributed by atoms with Gasteiger partial charge in [0.25, 0.3) is 0 Å². The van der Waals surface area contributed by atoms with E-state index in [0.717, 1.165) is 37.5 Å². The maximum absolute atomic E-state index is 10.9. The fourth-order valence-electron chi connectivity index (χ4n) is 3.72. The average Bonchev–Trinajstić information content (AvgIpc) is 2.33. The average molecular weight is 236 g/mol. The molecule has 4 atom stereocenters. The van der Waals surface area contributed by atoms with E-state index in [1.807, 2.05) is 0 Å². The van der Waals surface area contributed by atoms with Crippen LogP contribution >= 0.6 is 0 Å². The van der Waals surface area contributed by atoms with E-state index in [2.05, 4.69) is 26.8 Å². The van der Waals surface area contributed by atoms with Crippen molar-refractivity contribution in [3.05, 3.63) is 11.6 Å². The first-order valence-corrected chi connectivity index (χ1v) is 6.87. The monoisotopic (exact) mass is 236 g/mol. The van der Waals surface area contributed by atoms with Crippen LogP contribution < -0.4 is 0 Å². The van der Waals surface area contributed by atoms with Crippen LogP contribution in [0.5, 0.6) is 0 Å². The van der Waals surface area contributed by atoms with Crippen molar-refractivity contribution < 1.29 is 9.90 Å². The van der Waals surface area contributed by atoms with Gasteiger partial charge in [0, 0.05) is 5.92 Å². The number of allylic oxidation sites excluding steroid dienone is 1. The molecule has 17 heavy (non-hydrogen) atoms. The highest BCUT2D eigenvalue weighted by molar-refractivity contribution is 5.73. The zero-order chi connectivity index (χ0) is 12.6. The van der Waals surface area contributed by atoms with Crippen LogP contribution in [0.25, 0.3) is 0 Å². The zero-order valence-electron chi connectivity index (χ0n) is 11.1. The Bertz CT molecular complexity index is 332. The van der Waals surface area contributed by atoms with E-state index < -0.39 is 5.60 Å². The molecule has 2 aliphatic rings. The predicted octanol–water partition coefficient (Wildman–Crippen LogP) is 2.95. The molecule has 2 heteroatoms. The molecule has 0 radical (unpaired) electrons. The molecule has 0 aliphatic heterocycles. The number of rotatable bonds is 2. The summed E-state index contributed by atoms with van der Waals surface area (Å²) in [5.41, 5.74) is 0.283. The van der Waals surface area contributed by atoms with Crippen molar-refractivity contribution in [1.82, 2.24) is 0 Å². The quantitative estimate of drug-likeness (QED) is 0.748. The van der Waals surface area contributed by atoms with E-state index in [1.54, 1.807) is 0 Å². The molecule has 2 rings (SSSR count). The number of aldehydes is 1. The minimum atomic E-state index is -0.605. The van der Waals surface area contributed by atoms with Crippen LogP contribution in [-0.2, 0) is 4.79 Å². The van der Waals surface area contributed by atoms with Crippen molar-refractivity contribution in [2.75, 3.05) is 0 Å². The molecular formula is C15H24O2. The van der Waals surface area contributed by atoms with Crippen LogP contribution in [0.2, 0.25) is 0 Å². The highest BCUT2D eigenvalue weighted by atomic mass is 16.3. The molecule has 0 spiro atoms. The first-order valence-electron chi connectivity index (χ1n) is 6.87. The summed E-state index contributed by atoms with van der Waals surface area (Å²) in [5, 5.41) is 10.9. The van der Waals surface area contributed by atoms with Crippen LogP contribution in [0, 0.1) is 23.7 Å². The summed E-state index contributed by atoms with van der Waals surface area (Å²) in [4.78, 5) is 10.9. The summed E-state index contributed by atoms with van der Waals surface area (Å²) in [6.45, 7) is 6.48. The summed E-state index contributed by atoms with van der Waals surface area (Å²) < 4.78 is 0. The van der Waals surface area contributed by atoms with E-state index >= 15 is 0 Å². The first kappa shape index (κ1) is 12.8. The molecule has 2 nitrogen and oxygen atoms in total. The Morgan fingerprint density at radius 3 is 2.76 bits per heavy atom. The molecule has 1 N–H and O–H groups in total. The Balaban J connectivity index is 2.35. The lowest BCUT2D eigenvalue weighted by molar-refractivity contribution is -0.110. The fraction of sp³-hybridized carbons (Fsp3) is 0.800. The van der Waals surface area contributed by atoms with E-state index in [1.165, 1.54) is 0 Å². The van der Waals surface area contributed by atoms with Gasteiger partial charge in [-0.3, -0.25) is 4.79 Å². The van der Waals surface area contributed by atoms with Gasteiger partial charge < -0.3 is 5.11 Å². The van der Waals surface area contributed by atoms with E-state index in [4.69, 9.17) is 0 Å². The Morgan fingerprint density at radius 2 is 2.18 bits per heavy atom. The minimum Gasteiger partial charge on any atom is -0.389 e. The maximum Gasteiger partial charge on any atom is 0.145 e. The van der Waals surface area contributed by atoms with Crippen molar-refractivity contribution in [3.63, 3.8) is 0 Å². The lowest BCUT2D eigenvalue weighted by atomic mass is 9.58. The molecule has 0 aromatic heterocycles. The van der Waals surface area contributed by atoms with Crippen molar-refractivity contribution >= 4 is 6.29 Å². The molecule has 0 heterocycles. The largest absolute Gasteiger partial charge is 0.389 e. The second kappa shape index (κ2) is 4.56. The van der Waals surface area contributed by atoms with E-state index in [9.17, 15) is 9.90 Å². The maximum atomic E-state index is 10.9. The minimum absolute atomic E-state index is 0.181. The van der Waals surface area contributed by atoms with Crippen LogP contribution in [-0.4, -0.2) is 17.0 Å². The molecule has 0 unspecified atom stereocenters. The Kier molecular flexibility index (Phi) is 3.44. The third-order valence-electron chi connectivity index (χ3n) is 5.08. The highest BCUT2D eigenvalue weighted by Crippen LogP contribution is 2.49. The van der Waals surface area contributed by atoms with Crippen LogP contribution in [0.1, 0.15) is 46.5 Å². The summed E-state index contributed by atoms with van der Waals surface area (Å²) in [6.07, 6.45) is 6.97. The molecule has 0 saturated heterocycles. The van der Waals surface area contributed by atoms with Crippen molar-refractivity contribution in [3.8, 4) is 0 Å². The molecule has 0 aromatic carbocycles. The topological polar surface area (TPSA) is 37.3 Å². The van der Waals surface area contributed by atoms with Crippen LogP contribution in [0.3, 0.4) is 0 Å². The standard InChI is InChI=1S/C15H24O2/c1-10(2)15(17)7-6-11(3)13-5-4-12(9-16)8-14(13)15/h8-11,13-14,17H,4-7H2,1-3H3/t11-,13+,14+,15+/m1/s1. The molecule has 0 bridgehead atoms. The Labute approximate surface area is 104 Å². The van der Waals surface area contributed by atoms with Gasteiger partial charge in [0.2, 0.25) is 0 Å². The van der Waals surface area contributed by atoms with Gasteiger partial charge in [0.1, 0.15) is 6.29 Å². The van der Waals surface area contributed by atoms with E-state index in [-0.39, 0.29) is 11.8 Å². The number of hydrogen-bond donors (Lipinski definition) is 1. The second-order valence-electron chi connectivity index (χ2n) is 6.25. The van der Waals surface area contributed by atoms with Gasteiger partial charge in [0.15, 0.2) is 0 Å². The first-order chi connectivity index (χ1) is 7.99. The number of carbonyl (C=O) groups excluding carboxylic acids is 1. The third kappa shape index (κ3) is 2.08. The summed E-state index contributed by atoms with van der Waals surface area (Å²) >= 11 is 0. The number of carbonyl (C=O) groups is 1. The molecule has 0 amide bonds. The molecule has 2 aliphatic carbocycles. The number of fused-ring (bicyclic) bond motifs is 1. The molecule has 0 aromatic rings. The van der Waals surface area contributed by atoms with Gasteiger partial charge in [-0.25, -0.2) is 0 Å². The van der Waals surface area contributed by atoms with Gasteiger partial charge in [-0.15, -0.1) is 0 Å². The van der Waals surface area contributed by atoms with Crippen LogP contribution in [0.15, 0.2) is 11.6 Å². The third-order valence-corrected chi connectivity index (χ3v) is 5.08. The van der Waals surface area contributed by atoms with Crippen molar-refractivity contribution in [2.45, 2.75) is 52.1 Å². The summed E-state index contributed by atoms with van der Waals surface area (Å²) in [6, 6.07) is 0. The lowest BCUT2D eigenvalue weighted by Gasteiger charge is -2.50. The van der Waals surface area contributed by atoms with Gasteiger partial charge >= 0.3 is 0 Å². The van der Waals surface area contributed by atoms with Gasteiger partial charge in [-0.1, -0.05) is 26.8 Å². The Hall–Kier alpha value is -0.630. The van der Waals surface area contributed by atoms with E-state index in [0.29, 0.717) is 11.8 Å².